The Morgan fingerprint density at radius 2 is 2.04 bits per heavy atom. The fourth-order valence-corrected chi connectivity index (χ4v) is 4.01. The quantitative estimate of drug-likeness (QED) is 0.792. The predicted octanol–water partition coefficient (Wildman–Crippen LogP) is 1.80. The molecule has 1 fully saturated rings. The van der Waals surface area contributed by atoms with Gasteiger partial charge in [-0.1, -0.05) is 6.07 Å². The summed E-state index contributed by atoms with van der Waals surface area (Å²) in [5.74, 6) is 0.887. The standard InChI is InChI=1S/C20H31N3O2/c1-21(8-9-25-3)12-18-13-23(14-19(18)15-24)11-16-4-5-20-17(10-16)6-7-22(20)2/h4-7,10,18-19,24H,8-9,11-15H2,1-3H3/t18-,19-/m1/s1. The zero-order valence-corrected chi connectivity index (χ0v) is 15.7. The number of benzene rings is 1. The van der Waals surface area contributed by atoms with Crippen molar-refractivity contribution in [2.24, 2.45) is 18.9 Å². The van der Waals surface area contributed by atoms with Gasteiger partial charge in [0.15, 0.2) is 0 Å². The van der Waals surface area contributed by atoms with Crippen LogP contribution in [0.25, 0.3) is 10.9 Å². The Kier molecular flexibility index (Phi) is 6.12. The summed E-state index contributed by atoms with van der Waals surface area (Å²) in [6.07, 6.45) is 2.11. The average molecular weight is 345 g/mol. The number of likely N-dealkylation sites (tertiary alicyclic amines) is 1. The summed E-state index contributed by atoms with van der Waals surface area (Å²) in [6.45, 7) is 5.98. The Morgan fingerprint density at radius 3 is 2.80 bits per heavy atom. The van der Waals surface area contributed by atoms with E-state index in [9.17, 15) is 5.11 Å². The van der Waals surface area contributed by atoms with Crippen LogP contribution in [0, 0.1) is 11.8 Å². The lowest BCUT2D eigenvalue weighted by Gasteiger charge is -2.23. The second-order valence-corrected chi connectivity index (χ2v) is 7.47. The maximum atomic E-state index is 9.78. The molecule has 138 valence electrons. The van der Waals surface area contributed by atoms with Crippen LogP contribution in [-0.4, -0.2) is 73.0 Å². The number of aryl methyl sites for hydroxylation is 1. The van der Waals surface area contributed by atoms with E-state index in [1.807, 2.05) is 0 Å². The third-order valence-electron chi connectivity index (χ3n) is 5.47. The summed E-state index contributed by atoms with van der Waals surface area (Å²) in [4.78, 5) is 4.80. The van der Waals surface area contributed by atoms with Gasteiger partial charge in [0.1, 0.15) is 0 Å². The molecule has 1 aromatic heterocycles. The van der Waals surface area contributed by atoms with Crippen molar-refractivity contribution in [1.29, 1.82) is 0 Å². The maximum Gasteiger partial charge on any atom is 0.0589 e. The third kappa shape index (κ3) is 4.42. The summed E-state index contributed by atoms with van der Waals surface area (Å²) >= 11 is 0. The van der Waals surface area contributed by atoms with Crippen molar-refractivity contribution < 1.29 is 9.84 Å². The topological polar surface area (TPSA) is 40.9 Å². The van der Waals surface area contributed by atoms with E-state index in [4.69, 9.17) is 4.74 Å². The smallest absolute Gasteiger partial charge is 0.0589 e. The zero-order chi connectivity index (χ0) is 17.8. The van der Waals surface area contributed by atoms with Gasteiger partial charge in [0.2, 0.25) is 0 Å². The highest BCUT2D eigenvalue weighted by Gasteiger charge is 2.32. The molecule has 0 aliphatic carbocycles. The van der Waals surface area contributed by atoms with Crippen LogP contribution in [0.1, 0.15) is 5.56 Å². The minimum Gasteiger partial charge on any atom is -0.396 e. The van der Waals surface area contributed by atoms with E-state index in [2.05, 4.69) is 58.9 Å². The third-order valence-corrected chi connectivity index (χ3v) is 5.47. The SMILES string of the molecule is COCCN(C)C[C@@H]1CN(Cc2ccc3c(ccn3C)c2)C[C@@H]1CO. The summed E-state index contributed by atoms with van der Waals surface area (Å²) in [5.41, 5.74) is 2.62. The van der Waals surface area contributed by atoms with E-state index in [1.165, 1.54) is 16.5 Å². The molecule has 1 aliphatic rings. The predicted molar refractivity (Wildman–Crippen MR) is 102 cm³/mol. The monoisotopic (exact) mass is 345 g/mol. The molecular weight excluding hydrogens is 314 g/mol. The number of likely N-dealkylation sites (N-methyl/N-ethyl adjacent to an activating group) is 1. The van der Waals surface area contributed by atoms with Crippen molar-refractivity contribution in [2.75, 3.05) is 53.6 Å². The second kappa shape index (κ2) is 8.32. The lowest BCUT2D eigenvalue weighted by molar-refractivity contribution is 0.136. The van der Waals surface area contributed by atoms with Crippen molar-refractivity contribution in [3.8, 4) is 0 Å². The van der Waals surface area contributed by atoms with Gasteiger partial charge in [-0.25, -0.2) is 0 Å². The minimum absolute atomic E-state index is 0.275. The molecule has 1 aliphatic heterocycles. The van der Waals surface area contributed by atoms with Gasteiger partial charge in [0.05, 0.1) is 6.61 Å². The number of aliphatic hydroxyl groups excluding tert-OH is 1. The number of aromatic nitrogens is 1. The van der Waals surface area contributed by atoms with Crippen molar-refractivity contribution in [3.05, 3.63) is 36.0 Å². The van der Waals surface area contributed by atoms with Crippen LogP contribution < -0.4 is 0 Å². The van der Waals surface area contributed by atoms with Crippen LogP contribution in [-0.2, 0) is 18.3 Å². The number of hydrogen-bond acceptors (Lipinski definition) is 4. The molecule has 0 amide bonds. The molecule has 0 radical (unpaired) electrons. The molecule has 1 N–H and O–H groups in total. The van der Waals surface area contributed by atoms with E-state index in [0.717, 1.165) is 39.3 Å². The summed E-state index contributed by atoms with van der Waals surface area (Å²) in [6, 6.07) is 8.91. The molecule has 1 aromatic carbocycles. The number of aliphatic hydroxyl groups is 1. The van der Waals surface area contributed by atoms with E-state index in [1.54, 1.807) is 7.11 Å². The van der Waals surface area contributed by atoms with Crippen LogP contribution in [0.5, 0.6) is 0 Å². The maximum absolute atomic E-state index is 9.78. The molecule has 2 atom stereocenters. The first-order chi connectivity index (χ1) is 12.1. The normalized spacial score (nSPS) is 21.6. The van der Waals surface area contributed by atoms with Gasteiger partial charge < -0.3 is 19.3 Å². The Hall–Kier alpha value is -1.40. The van der Waals surface area contributed by atoms with Gasteiger partial charge in [-0.05, 0) is 48.0 Å². The van der Waals surface area contributed by atoms with Crippen molar-refractivity contribution in [3.63, 3.8) is 0 Å². The number of rotatable bonds is 8. The highest BCUT2D eigenvalue weighted by atomic mass is 16.5. The Balaban J connectivity index is 1.60. The molecule has 0 spiro atoms. The molecule has 25 heavy (non-hydrogen) atoms. The number of methoxy groups -OCH3 is 1. The summed E-state index contributed by atoms with van der Waals surface area (Å²) in [7, 11) is 5.96. The van der Waals surface area contributed by atoms with E-state index in [0.29, 0.717) is 11.8 Å². The lowest BCUT2D eigenvalue weighted by atomic mass is 9.96. The first kappa shape index (κ1) is 18.4. The number of fused-ring (bicyclic) bond motifs is 1. The average Bonchev–Trinajstić information content (AvgIpc) is 3.16. The van der Waals surface area contributed by atoms with Crippen molar-refractivity contribution in [1.82, 2.24) is 14.4 Å². The number of nitrogens with zero attached hydrogens (tertiary/aromatic N) is 3. The first-order valence-corrected chi connectivity index (χ1v) is 9.15. The summed E-state index contributed by atoms with van der Waals surface area (Å²) < 4.78 is 7.32. The molecule has 5 heteroatoms. The largest absolute Gasteiger partial charge is 0.396 e. The van der Waals surface area contributed by atoms with Crippen LogP contribution >= 0.6 is 0 Å². The van der Waals surface area contributed by atoms with Gasteiger partial charge in [-0.3, -0.25) is 4.90 Å². The van der Waals surface area contributed by atoms with Gasteiger partial charge in [0, 0.05) is 65.2 Å². The fourth-order valence-electron chi connectivity index (χ4n) is 4.01. The van der Waals surface area contributed by atoms with Crippen LogP contribution in [0.4, 0.5) is 0 Å². The molecule has 2 aromatic rings. The molecule has 0 bridgehead atoms. The van der Waals surface area contributed by atoms with E-state index >= 15 is 0 Å². The number of hydrogen-bond donors (Lipinski definition) is 1. The first-order valence-electron chi connectivity index (χ1n) is 9.15. The van der Waals surface area contributed by atoms with Crippen molar-refractivity contribution in [2.45, 2.75) is 6.54 Å². The lowest BCUT2D eigenvalue weighted by Crippen LogP contribution is -2.33. The molecular formula is C20H31N3O2. The molecule has 0 unspecified atom stereocenters. The summed E-state index contributed by atoms with van der Waals surface area (Å²) in [5, 5.41) is 11.1. The Morgan fingerprint density at radius 1 is 1.24 bits per heavy atom. The van der Waals surface area contributed by atoms with Crippen LogP contribution in [0.2, 0.25) is 0 Å². The van der Waals surface area contributed by atoms with Gasteiger partial charge in [0.25, 0.3) is 0 Å². The molecule has 1 saturated heterocycles. The Labute approximate surface area is 150 Å². The van der Waals surface area contributed by atoms with Crippen LogP contribution in [0.15, 0.2) is 30.5 Å². The highest BCUT2D eigenvalue weighted by Crippen LogP contribution is 2.26. The minimum atomic E-state index is 0.275. The van der Waals surface area contributed by atoms with Gasteiger partial charge in [-0.2, -0.15) is 0 Å². The highest BCUT2D eigenvalue weighted by molar-refractivity contribution is 5.80. The molecule has 0 saturated carbocycles. The molecule has 3 rings (SSSR count). The molecule has 5 nitrogen and oxygen atoms in total. The van der Waals surface area contributed by atoms with E-state index in [-0.39, 0.29) is 6.61 Å². The van der Waals surface area contributed by atoms with Gasteiger partial charge >= 0.3 is 0 Å². The Bertz CT molecular complexity index is 685. The van der Waals surface area contributed by atoms with Gasteiger partial charge in [-0.15, -0.1) is 0 Å². The number of ether oxygens (including phenoxy) is 1. The van der Waals surface area contributed by atoms with E-state index < -0.39 is 0 Å². The molecule has 2 heterocycles. The zero-order valence-electron chi connectivity index (χ0n) is 15.7. The van der Waals surface area contributed by atoms with Crippen molar-refractivity contribution >= 4 is 10.9 Å². The second-order valence-electron chi connectivity index (χ2n) is 7.47. The fraction of sp³-hybridized carbons (Fsp3) is 0.600. The van der Waals surface area contributed by atoms with Crippen LogP contribution in [0.3, 0.4) is 0 Å².